The highest BCUT2D eigenvalue weighted by Gasteiger charge is 2.19. The van der Waals surface area contributed by atoms with Gasteiger partial charge in [-0.15, -0.1) is 10.2 Å². The molecule has 1 aromatic heterocycles. The Hall–Kier alpha value is -1.69. The predicted molar refractivity (Wildman–Crippen MR) is 95.1 cm³/mol. The van der Waals surface area contributed by atoms with Crippen LogP contribution in [0.25, 0.3) is 17.1 Å². The average molecular weight is 366 g/mol. The summed E-state index contributed by atoms with van der Waals surface area (Å²) in [7, 11) is 1.64. The zero-order valence-corrected chi connectivity index (χ0v) is 14.8. The Morgan fingerprint density at radius 3 is 2.57 bits per heavy atom. The summed E-state index contributed by atoms with van der Waals surface area (Å²) in [5, 5.41) is 10.4. The predicted octanol–water partition coefficient (Wildman–Crippen LogP) is 4.97. The molecular weight excluding hydrogens is 353 g/mol. The molecule has 0 spiro atoms. The van der Waals surface area contributed by atoms with E-state index in [9.17, 15) is 0 Å². The number of rotatable bonds is 4. The molecule has 0 bridgehead atoms. The van der Waals surface area contributed by atoms with Crippen molar-refractivity contribution < 1.29 is 4.74 Å². The quantitative estimate of drug-likeness (QED) is 0.611. The summed E-state index contributed by atoms with van der Waals surface area (Å²) in [6, 6.07) is 13.0. The second kappa shape index (κ2) is 6.83. The van der Waals surface area contributed by atoms with Gasteiger partial charge in [-0.3, -0.25) is 4.57 Å². The first-order chi connectivity index (χ1) is 11.2. The van der Waals surface area contributed by atoms with Crippen LogP contribution in [-0.4, -0.2) is 28.1 Å². The number of benzene rings is 2. The molecule has 0 fully saturated rings. The summed E-state index contributed by atoms with van der Waals surface area (Å²) in [5.41, 5.74) is 1.61. The lowest BCUT2D eigenvalue weighted by molar-refractivity contribution is 0.412. The van der Waals surface area contributed by atoms with Crippen LogP contribution < -0.4 is 4.74 Å². The fraction of sp³-hybridized carbons (Fsp3) is 0.125. The van der Waals surface area contributed by atoms with E-state index in [0.29, 0.717) is 15.9 Å². The number of halogens is 2. The van der Waals surface area contributed by atoms with Crippen LogP contribution in [0, 0.1) is 0 Å². The Kier molecular flexibility index (Phi) is 4.80. The van der Waals surface area contributed by atoms with Crippen LogP contribution in [0.15, 0.2) is 47.6 Å². The summed E-state index contributed by atoms with van der Waals surface area (Å²) in [6.45, 7) is 0. The Labute approximate surface area is 148 Å². The van der Waals surface area contributed by atoms with Crippen LogP contribution >= 0.6 is 35.0 Å². The van der Waals surface area contributed by atoms with Crippen LogP contribution in [0.5, 0.6) is 5.75 Å². The van der Waals surface area contributed by atoms with E-state index in [-0.39, 0.29) is 0 Å². The summed E-state index contributed by atoms with van der Waals surface area (Å²) >= 11 is 13.8. The normalized spacial score (nSPS) is 10.8. The Morgan fingerprint density at radius 1 is 1.09 bits per heavy atom. The topological polar surface area (TPSA) is 39.9 Å². The van der Waals surface area contributed by atoms with Crippen LogP contribution in [0.4, 0.5) is 0 Å². The summed E-state index contributed by atoms with van der Waals surface area (Å²) in [5.74, 6) is 1.37. The Balaban J connectivity index is 2.26. The van der Waals surface area contributed by atoms with E-state index < -0.39 is 0 Å². The maximum Gasteiger partial charge on any atom is 0.195 e. The molecule has 7 heteroatoms. The maximum absolute atomic E-state index is 6.35. The molecule has 0 aliphatic rings. The largest absolute Gasteiger partial charge is 0.495 e. The highest BCUT2D eigenvalue weighted by Crippen LogP contribution is 2.35. The second-order valence-corrected chi connectivity index (χ2v) is 6.26. The van der Waals surface area contributed by atoms with Gasteiger partial charge in [-0.25, -0.2) is 0 Å². The van der Waals surface area contributed by atoms with Crippen molar-refractivity contribution in [2.45, 2.75) is 5.16 Å². The van der Waals surface area contributed by atoms with Gasteiger partial charge in [0.05, 0.1) is 17.8 Å². The van der Waals surface area contributed by atoms with Gasteiger partial charge in [0.25, 0.3) is 0 Å². The molecule has 0 atom stereocenters. The van der Waals surface area contributed by atoms with Crippen molar-refractivity contribution in [3.05, 3.63) is 52.5 Å². The molecule has 0 radical (unpaired) electrons. The van der Waals surface area contributed by atoms with Crippen molar-refractivity contribution in [2.75, 3.05) is 13.4 Å². The van der Waals surface area contributed by atoms with Crippen molar-refractivity contribution in [3.63, 3.8) is 0 Å². The molecule has 0 saturated carbocycles. The van der Waals surface area contributed by atoms with Crippen LogP contribution in [-0.2, 0) is 0 Å². The summed E-state index contributed by atoms with van der Waals surface area (Å²) < 4.78 is 7.40. The number of hydrogen-bond acceptors (Lipinski definition) is 4. The van der Waals surface area contributed by atoms with Crippen molar-refractivity contribution in [3.8, 4) is 22.8 Å². The standard InChI is InChI=1S/C16H13Cl2N3OS/c1-22-14-6-4-3-5-13(14)21-15(19-20-16(21)23-2)11-8-7-10(17)9-12(11)18/h3-9H,1-2H3. The number of methoxy groups -OCH3 is 1. The van der Waals surface area contributed by atoms with Gasteiger partial charge in [-0.2, -0.15) is 0 Å². The van der Waals surface area contributed by atoms with Gasteiger partial charge in [0.15, 0.2) is 11.0 Å². The number of aromatic nitrogens is 3. The van der Waals surface area contributed by atoms with Gasteiger partial charge in [-0.05, 0) is 36.6 Å². The monoisotopic (exact) mass is 365 g/mol. The van der Waals surface area contributed by atoms with Crippen LogP contribution in [0.2, 0.25) is 10.0 Å². The third-order valence-corrected chi connectivity index (χ3v) is 4.49. The van der Waals surface area contributed by atoms with E-state index in [1.807, 2.05) is 41.2 Å². The average Bonchev–Trinajstić information content (AvgIpc) is 2.98. The molecular formula is C16H13Cl2N3OS. The number of nitrogens with zero attached hydrogens (tertiary/aromatic N) is 3. The minimum atomic E-state index is 0.522. The molecule has 1 heterocycles. The molecule has 0 aliphatic carbocycles. The zero-order chi connectivity index (χ0) is 16.4. The van der Waals surface area contributed by atoms with E-state index in [1.54, 1.807) is 19.2 Å². The van der Waals surface area contributed by atoms with Crippen molar-refractivity contribution in [2.24, 2.45) is 0 Å². The third-order valence-electron chi connectivity index (χ3n) is 3.31. The van der Waals surface area contributed by atoms with Crippen LogP contribution in [0.1, 0.15) is 0 Å². The maximum atomic E-state index is 6.35. The smallest absolute Gasteiger partial charge is 0.195 e. The SMILES string of the molecule is COc1ccccc1-n1c(SC)nnc1-c1ccc(Cl)cc1Cl. The molecule has 4 nitrogen and oxygen atoms in total. The number of para-hydroxylation sites is 2. The lowest BCUT2D eigenvalue weighted by Gasteiger charge is -2.13. The first kappa shape index (κ1) is 16.2. The van der Waals surface area contributed by atoms with Gasteiger partial charge >= 0.3 is 0 Å². The Morgan fingerprint density at radius 2 is 1.87 bits per heavy atom. The van der Waals surface area contributed by atoms with Gasteiger partial charge in [-0.1, -0.05) is 47.1 Å². The van der Waals surface area contributed by atoms with Crippen molar-refractivity contribution >= 4 is 35.0 Å². The summed E-state index contributed by atoms with van der Waals surface area (Å²) in [4.78, 5) is 0. The van der Waals surface area contributed by atoms with Crippen LogP contribution in [0.3, 0.4) is 0 Å². The van der Waals surface area contributed by atoms with Gasteiger partial charge < -0.3 is 4.74 Å². The third kappa shape index (κ3) is 3.04. The first-order valence-corrected chi connectivity index (χ1v) is 8.72. The lowest BCUT2D eigenvalue weighted by Crippen LogP contribution is -2.02. The fourth-order valence-corrected chi connectivity index (χ4v) is 3.26. The molecule has 118 valence electrons. The molecule has 2 aromatic carbocycles. The lowest BCUT2D eigenvalue weighted by atomic mass is 10.2. The second-order valence-electron chi connectivity index (χ2n) is 4.64. The number of thioether (sulfide) groups is 1. The van der Waals surface area contributed by atoms with Gasteiger partial charge in [0, 0.05) is 10.6 Å². The van der Waals surface area contributed by atoms with E-state index in [2.05, 4.69) is 10.2 Å². The summed E-state index contributed by atoms with van der Waals surface area (Å²) in [6.07, 6.45) is 1.95. The highest BCUT2D eigenvalue weighted by atomic mass is 35.5. The fourth-order valence-electron chi connectivity index (χ4n) is 2.28. The zero-order valence-electron chi connectivity index (χ0n) is 12.5. The van der Waals surface area contributed by atoms with E-state index in [0.717, 1.165) is 22.2 Å². The van der Waals surface area contributed by atoms with E-state index >= 15 is 0 Å². The van der Waals surface area contributed by atoms with E-state index in [4.69, 9.17) is 27.9 Å². The highest BCUT2D eigenvalue weighted by molar-refractivity contribution is 7.98. The molecule has 3 rings (SSSR count). The van der Waals surface area contributed by atoms with E-state index in [1.165, 1.54) is 11.8 Å². The van der Waals surface area contributed by atoms with Crippen molar-refractivity contribution in [1.82, 2.24) is 14.8 Å². The Bertz CT molecular complexity index is 851. The number of ether oxygens (including phenoxy) is 1. The number of hydrogen-bond donors (Lipinski definition) is 0. The molecule has 0 unspecified atom stereocenters. The van der Waals surface area contributed by atoms with Crippen molar-refractivity contribution in [1.29, 1.82) is 0 Å². The molecule has 23 heavy (non-hydrogen) atoms. The molecule has 0 N–H and O–H groups in total. The minimum Gasteiger partial charge on any atom is -0.495 e. The van der Waals surface area contributed by atoms with Gasteiger partial charge in [0.1, 0.15) is 5.75 Å². The molecule has 0 aliphatic heterocycles. The minimum absolute atomic E-state index is 0.522. The first-order valence-electron chi connectivity index (χ1n) is 6.74. The molecule has 0 saturated heterocycles. The molecule has 0 amide bonds. The van der Waals surface area contributed by atoms with Gasteiger partial charge in [0.2, 0.25) is 0 Å². The molecule has 3 aromatic rings.